The summed E-state index contributed by atoms with van der Waals surface area (Å²) in [5, 5.41) is 52.7. The van der Waals surface area contributed by atoms with Crippen molar-refractivity contribution in [1.29, 1.82) is 0 Å². The fourth-order valence-electron chi connectivity index (χ4n) is 8.77. The van der Waals surface area contributed by atoms with Crippen LogP contribution in [0.4, 0.5) is 0 Å². The first kappa shape index (κ1) is 71.3. The molecule has 0 fully saturated rings. The Morgan fingerprint density at radius 1 is 0.640 bits per heavy atom. The number of aliphatic carboxylic acids is 1. The van der Waals surface area contributed by atoms with Gasteiger partial charge in [-0.25, -0.2) is 4.98 Å². The Hall–Kier alpha value is -8.97. The summed E-state index contributed by atoms with van der Waals surface area (Å²) in [6.07, 6.45) is 0.358. The molecule has 31 nitrogen and oxygen atoms in total. The normalized spacial score (nSPS) is 14.9. The number of hydrogen-bond donors (Lipinski definition) is 17. The molecule has 2 aromatic carbocycles. The number of aliphatic hydroxyl groups is 2. The topological polar surface area (TPSA) is 514 Å². The predicted molar refractivity (Wildman–Crippen MR) is 317 cm³/mol. The Labute approximate surface area is 498 Å². The number of nitrogens with two attached hydrogens (primary N) is 5. The Morgan fingerprint density at radius 3 is 1.79 bits per heavy atom. The minimum absolute atomic E-state index is 0.0386. The monoisotopic (exact) mass is 1210 g/mol. The molecule has 0 saturated carbocycles. The van der Waals surface area contributed by atoms with Gasteiger partial charge < -0.3 is 96.4 Å². The van der Waals surface area contributed by atoms with E-state index in [9.17, 15) is 63.3 Å². The number of benzene rings is 2. The van der Waals surface area contributed by atoms with Crippen LogP contribution in [-0.4, -0.2) is 195 Å². The second-order valence-electron chi connectivity index (χ2n) is 20.8. The van der Waals surface area contributed by atoms with E-state index in [1.807, 2.05) is 24.3 Å². The molecule has 9 amide bonds. The van der Waals surface area contributed by atoms with Crippen LogP contribution in [-0.2, 0) is 60.8 Å². The maximum atomic E-state index is 14.6. The summed E-state index contributed by atoms with van der Waals surface area (Å²) in [5.74, 6) is -10.2. The van der Waals surface area contributed by atoms with Crippen molar-refractivity contribution < 1.29 is 63.3 Å². The molecule has 474 valence electrons. The van der Waals surface area contributed by atoms with Crippen molar-refractivity contribution in [2.24, 2.45) is 44.6 Å². The van der Waals surface area contributed by atoms with Crippen molar-refractivity contribution in [3.63, 3.8) is 0 Å². The lowest BCUT2D eigenvalue weighted by Crippen LogP contribution is -2.63. The van der Waals surface area contributed by atoms with Crippen molar-refractivity contribution in [3.8, 4) is 0 Å². The molecule has 22 N–H and O–H groups in total. The van der Waals surface area contributed by atoms with E-state index in [2.05, 4.69) is 62.5 Å². The van der Waals surface area contributed by atoms with Crippen molar-refractivity contribution in [2.45, 2.75) is 153 Å². The largest absolute Gasteiger partial charge is 0.480 e. The molecule has 0 spiro atoms. The average Bonchev–Trinajstić information content (AvgIpc) is 2.57. The molecule has 86 heavy (non-hydrogen) atoms. The zero-order valence-electron chi connectivity index (χ0n) is 49.3. The zero-order valence-corrected chi connectivity index (χ0v) is 49.3. The SMILES string of the molecule is CCCN(CC(=O)O)C(=O)[C@@H](NC(=O)[C@@H](CCCN=C(N)N)NC(=O)CNC(=O)[C@@H](NC(=O)[C@@H](NC(=O)[C@H](Cc1cnc[nH]1)NC(=O)[C@H](Cc1cccc2ccccc12)NC(=O)[C@H](C)NC(=O)[C@@H](N)CCCN=C(N)N)[C@@H](C)O)[C@@H](C)O)C(C)CC. The van der Waals surface area contributed by atoms with E-state index in [1.54, 1.807) is 39.0 Å². The molecule has 0 bridgehead atoms. The van der Waals surface area contributed by atoms with E-state index in [0.717, 1.165) is 29.5 Å². The summed E-state index contributed by atoms with van der Waals surface area (Å²) in [6, 6.07) is 1.21. The van der Waals surface area contributed by atoms with Crippen LogP contribution < -0.4 is 71.2 Å². The Kier molecular flexibility index (Phi) is 29.8. The van der Waals surface area contributed by atoms with Crippen LogP contribution in [0.25, 0.3) is 10.8 Å². The number of aromatic nitrogens is 2. The molecule has 1 aromatic heterocycles. The second kappa shape index (κ2) is 36.0. The number of carbonyl (C=O) groups excluding carboxylic acids is 9. The zero-order chi connectivity index (χ0) is 64.2. The first-order valence-corrected chi connectivity index (χ1v) is 28.2. The summed E-state index contributed by atoms with van der Waals surface area (Å²) in [5.41, 5.74) is 28.7. The number of carbonyl (C=O) groups is 10. The van der Waals surface area contributed by atoms with Crippen LogP contribution in [0.3, 0.4) is 0 Å². The number of aromatic amines is 1. The molecule has 0 aliphatic heterocycles. The van der Waals surface area contributed by atoms with E-state index in [4.69, 9.17) is 28.7 Å². The van der Waals surface area contributed by atoms with Gasteiger partial charge in [0.15, 0.2) is 11.9 Å². The molecular weight excluding hydrogens is 1120 g/mol. The van der Waals surface area contributed by atoms with Crippen LogP contribution >= 0.6 is 0 Å². The minimum atomic E-state index is -1.86. The molecule has 0 saturated heterocycles. The number of imidazole rings is 1. The summed E-state index contributed by atoms with van der Waals surface area (Å²) in [4.78, 5) is 152. The highest BCUT2D eigenvalue weighted by Gasteiger charge is 2.37. The average molecular weight is 1210 g/mol. The van der Waals surface area contributed by atoms with Gasteiger partial charge in [0.25, 0.3) is 0 Å². The van der Waals surface area contributed by atoms with E-state index in [0.29, 0.717) is 30.5 Å². The fourth-order valence-corrected chi connectivity index (χ4v) is 8.77. The molecule has 0 aliphatic carbocycles. The Balaban J connectivity index is 1.84. The van der Waals surface area contributed by atoms with Crippen LogP contribution in [0.5, 0.6) is 0 Å². The van der Waals surface area contributed by atoms with Crippen LogP contribution in [0.2, 0.25) is 0 Å². The quantitative estimate of drug-likeness (QED) is 0.0147. The number of hydrogen-bond acceptors (Lipinski definition) is 16. The number of fused-ring (bicyclic) bond motifs is 1. The molecule has 31 heteroatoms. The summed E-state index contributed by atoms with van der Waals surface area (Å²) in [6.45, 7) is 7.78. The van der Waals surface area contributed by atoms with Gasteiger partial charge in [-0.2, -0.15) is 0 Å². The fraction of sp³-hybridized carbons (Fsp3) is 0.545. The van der Waals surface area contributed by atoms with Crippen molar-refractivity contribution in [1.82, 2.24) is 57.4 Å². The third-order valence-electron chi connectivity index (χ3n) is 13.7. The van der Waals surface area contributed by atoms with E-state index in [1.165, 1.54) is 19.4 Å². The molecule has 11 atom stereocenters. The maximum Gasteiger partial charge on any atom is 0.323 e. The lowest BCUT2D eigenvalue weighted by atomic mass is 9.96. The molecule has 1 heterocycles. The second-order valence-corrected chi connectivity index (χ2v) is 20.8. The highest BCUT2D eigenvalue weighted by molar-refractivity contribution is 5.99. The molecular formula is C55H86N18O13. The summed E-state index contributed by atoms with van der Waals surface area (Å²) in [7, 11) is 0. The van der Waals surface area contributed by atoms with Gasteiger partial charge in [-0.05, 0) is 75.1 Å². The highest BCUT2D eigenvalue weighted by atomic mass is 16.4. The van der Waals surface area contributed by atoms with E-state index >= 15 is 0 Å². The van der Waals surface area contributed by atoms with Gasteiger partial charge in [-0.15, -0.1) is 0 Å². The first-order chi connectivity index (χ1) is 40.7. The van der Waals surface area contributed by atoms with Gasteiger partial charge in [0.2, 0.25) is 53.2 Å². The Morgan fingerprint density at radius 2 is 1.20 bits per heavy atom. The van der Waals surface area contributed by atoms with Crippen LogP contribution in [0.15, 0.2) is 65.0 Å². The van der Waals surface area contributed by atoms with Gasteiger partial charge in [-0.1, -0.05) is 69.7 Å². The van der Waals surface area contributed by atoms with E-state index < -0.39 is 139 Å². The molecule has 0 aliphatic rings. The maximum absolute atomic E-state index is 14.6. The first-order valence-electron chi connectivity index (χ1n) is 28.2. The molecule has 1 unspecified atom stereocenters. The predicted octanol–water partition coefficient (Wildman–Crippen LogP) is -4.56. The van der Waals surface area contributed by atoms with Crippen LogP contribution in [0.1, 0.15) is 91.3 Å². The van der Waals surface area contributed by atoms with Gasteiger partial charge in [-0.3, -0.25) is 57.9 Å². The number of carboxylic acid groups (broad SMARTS) is 1. The number of guanidine groups is 2. The van der Waals surface area contributed by atoms with Gasteiger partial charge in [0.1, 0.15) is 48.8 Å². The van der Waals surface area contributed by atoms with E-state index in [-0.39, 0.29) is 63.7 Å². The number of nitrogens with zero attached hydrogens (tertiary/aromatic N) is 4. The smallest absolute Gasteiger partial charge is 0.323 e. The van der Waals surface area contributed by atoms with Crippen LogP contribution in [0, 0.1) is 5.92 Å². The van der Waals surface area contributed by atoms with Gasteiger partial charge >= 0.3 is 5.97 Å². The standard InChI is InChI=1S/C55H86N18O13/c1-7-22-73(27-42(77)78)53(86)43(29(3)8-2)70-48(81)38(19-13-21-63-55(59)60)67-41(76)26-64-51(84)44(31(5)74)72-52(85)45(32(6)75)71-50(83)40(24-35-25-61-28-65-35)69-49(82)39(23-34-16-11-15-33-14-9-10-17-36(33)34)68-46(79)30(4)66-47(80)37(56)18-12-20-62-54(57)58/h9-11,14-17,25,28-32,37-40,43-45,74-75H,7-8,12-13,18-24,26-27,56H2,1-6H3,(H,61,65)(H,64,84)(H,66,80)(H,67,76)(H,68,79)(H,69,82)(H,70,81)(H,71,83)(H,72,85)(H,77,78)(H4,57,58,62)(H4,59,60,63)/t29?,30-,31+,32+,37-,38+,39-,40-,43-,44-,45-/m0/s1. The number of nitrogens with one attached hydrogen (secondary N) is 9. The molecule has 0 radical (unpaired) electrons. The minimum Gasteiger partial charge on any atom is -0.480 e. The summed E-state index contributed by atoms with van der Waals surface area (Å²) >= 11 is 0. The number of rotatable bonds is 37. The van der Waals surface area contributed by atoms with Gasteiger partial charge in [0.05, 0.1) is 31.1 Å². The highest BCUT2D eigenvalue weighted by Crippen LogP contribution is 2.21. The third-order valence-corrected chi connectivity index (χ3v) is 13.7. The number of aliphatic hydroxyl groups excluding tert-OH is 2. The Bertz CT molecular complexity index is 2820. The summed E-state index contributed by atoms with van der Waals surface area (Å²) < 4.78 is 0. The molecule has 3 rings (SSSR count). The van der Waals surface area contributed by atoms with Crippen molar-refractivity contribution in [3.05, 3.63) is 66.2 Å². The van der Waals surface area contributed by atoms with Crippen molar-refractivity contribution in [2.75, 3.05) is 32.7 Å². The number of H-pyrrole nitrogens is 1. The third kappa shape index (κ3) is 24.0. The lowest BCUT2D eigenvalue weighted by Gasteiger charge is -2.31. The number of amides is 9. The lowest BCUT2D eigenvalue weighted by molar-refractivity contribution is -0.146. The number of aliphatic imine (C=N–C) groups is 2. The number of carboxylic acids is 1. The molecule has 3 aromatic rings. The van der Waals surface area contributed by atoms with Crippen molar-refractivity contribution >= 4 is 81.8 Å². The van der Waals surface area contributed by atoms with Gasteiger partial charge in [0, 0.05) is 44.4 Å².